The summed E-state index contributed by atoms with van der Waals surface area (Å²) < 4.78 is 16.0. The van der Waals surface area contributed by atoms with Crippen molar-refractivity contribution in [1.82, 2.24) is 0 Å². The predicted octanol–water partition coefficient (Wildman–Crippen LogP) is 4.24. The van der Waals surface area contributed by atoms with Gasteiger partial charge in [0.25, 0.3) is 0 Å². The molecule has 5 heteroatoms. The van der Waals surface area contributed by atoms with Crippen molar-refractivity contribution in [3.8, 4) is 0 Å². The maximum absolute atomic E-state index is 12.5. The van der Waals surface area contributed by atoms with Crippen LogP contribution in [0.15, 0.2) is 46.9 Å². The van der Waals surface area contributed by atoms with Crippen LogP contribution in [-0.4, -0.2) is 25.5 Å². The van der Waals surface area contributed by atoms with Crippen LogP contribution in [0.2, 0.25) is 0 Å². The topological polar surface area (TPSA) is 65.7 Å². The Morgan fingerprint density at radius 2 is 1.85 bits per heavy atom. The number of esters is 1. The Kier molecular flexibility index (Phi) is 5.19. The number of para-hydroxylation sites is 1. The van der Waals surface area contributed by atoms with Gasteiger partial charge in [0.15, 0.2) is 6.61 Å². The average Bonchev–Trinajstić information content (AvgIpc) is 3.00. The number of furan rings is 1. The van der Waals surface area contributed by atoms with Crippen molar-refractivity contribution in [1.29, 1.82) is 0 Å². The van der Waals surface area contributed by atoms with Gasteiger partial charge in [-0.2, -0.15) is 0 Å². The van der Waals surface area contributed by atoms with Crippen molar-refractivity contribution in [2.24, 2.45) is 0 Å². The highest BCUT2D eigenvalue weighted by molar-refractivity contribution is 6.01. The van der Waals surface area contributed by atoms with Crippen molar-refractivity contribution in [2.45, 2.75) is 20.5 Å². The van der Waals surface area contributed by atoms with Crippen LogP contribution in [0.25, 0.3) is 11.0 Å². The van der Waals surface area contributed by atoms with E-state index in [2.05, 4.69) is 0 Å². The van der Waals surface area contributed by atoms with Crippen molar-refractivity contribution in [3.63, 3.8) is 0 Å². The van der Waals surface area contributed by atoms with Crippen LogP contribution in [0.4, 0.5) is 0 Å². The number of hydrogen-bond acceptors (Lipinski definition) is 5. The van der Waals surface area contributed by atoms with Crippen LogP contribution in [0.1, 0.15) is 37.6 Å². The third-order valence-corrected chi connectivity index (χ3v) is 4.20. The SMILES string of the molecule is COCc1c(C(=O)OCC(=O)c2cc(C)ccc2C)oc2ccccc12. The van der Waals surface area contributed by atoms with Crippen molar-refractivity contribution < 1.29 is 23.5 Å². The lowest BCUT2D eigenvalue weighted by Crippen LogP contribution is -2.16. The second kappa shape index (κ2) is 7.54. The Bertz CT molecular complexity index is 968. The zero-order valence-corrected chi connectivity index (χ0v) is 15.0. The molecule has 5 nitrogen and oxygen atoms in total. The first-order chi connectivity index (χ1) is 12.5. The predicted molar refractivity (Wildman–Crippen MR) is 97.5 cm³/mol. The molecule has 0 radical (unpaired) electrons. The summed E-state index contributed by atoms with van der Waals surface area (Å²) in [5, 5.41) is 0.794. The maximum Gasteiger partial charge on any atom is 0.375 e. The number of carbonyl (C=O) groups excluding carboxylic acids is 2. The highest BCUT2D eigenvalue weighted by Crippen LogP contribution is 2.27. The molecule has 134 valence electrons. The van der Waals surface area contributed by atoms with E-state index >= 15 is 0 Å². The van der Waals surface area contributed by atoms with E-state index in [9.17, 15) is 9.59 Å². The molecule has 0 amide bonds. The molecule has 0 bridgehead atoms. The maximum atomic E-state index is 12.5. The van der Waals surface area contributed by atoms with Gasteiger partial charge in [-0.05, 0) is 31.5 Å². The molecule has 0 aliphatic carbocycles. The molecule has 1 heterocycles. The fourth-order valence-corrected chi connectivity index (χ4v) is 2.86. The molecule has 1 aromatic heterocycles. The summed E-state index contributed by atoms with van der Waals surface area (Å²) in [6.45, 7) is 3.64. The molecule has 2 aromatic carbocycles. The third kappa shape index (κ3) is 3.53. The fraction of sp³-hybridized carbons (Fsp3) is 0.238. The number of hydrogen-bond donors (Lipinski definition) is 0. The number of aryl methyl sites for hydroxylation is 2. The first-order valence-electron chi connectivity index (χ1n) is 8.28. The number of methoxy groups -OCH3 is 1. The molecule has 0 aliphatic heterocycles. The summed E-state index contributed by atoms with van der Waals surface area (Å²) in [5.41, 5.74) is 3.57. The van der Waals surface area contributed by atoms with E-state index in [-0.39, 0.29) is 24.8 Å². The Labute approximate surface area is 151 Å². The molecule has 0 aliphatic rings. The monoisotopic (exact) mass is 352 g/mol. The number of benzene rings is 2. The lowest BCUT2D eigenvalue weighted by molar-refractivity contribution is 0.0441. The smallest absolute Gasteiger partial charge is 0.375 e. The van der Waals surface area contributed by atoms with Crippen LogP contribution in [0.5, 0.6) is 0 Å². The van der Waals surface area contributed by atoms with E-state index in [0.29, 0.717) is 16.7 Å². The van der Waals surface area contributed by atoms with Gasteiger partial charge >= 0.3 is 5.97 Å². The van der Waals surface area contributed by atoms with Crippen LogP contribution >= 0.6 is 0 Å². The Morgan fingerprint density at radius 3 is 2.62 bits per heavy atom. The number of ether oxygens (including phenoxy) is 2. The summed E-state index contributed by atoms with van der Waals surface area (Å²) in [6.07, 6.45) is 0. The third-order valence-electron chi connectivity index (χ3n) is 4.20. The number of Topliss-reactive ketones (excluding diaryl/α,β-unsaturated/α-hetero) is 1. The summed E-state index contributed by atoms with van der Waals surface area (Å²) in [5.74, 6) is -0.849. The van der Waals surface area contributed by atoms with Gasteiger partial charge in [0.1, 0.15) is 5.58 Å². The Morgan fingerprint density at radius 1 is 1.08 bits per heavy atom. The van der Waals surface area contributed by atoms with Gasteiger partial charge in [-0.3, -0.25) is 4.79 Å². The molecule has 3 aromatic rings. The lowest BCUT2D eigenvalue weighted by Gasteiger charge is -2.07. The molecule has 0 atom stereocenters. The number of rotatable bonds is 6. The minimum atomic E-state index is -0.674. The number of fused-ring (bicyclic) bond motifs is 1. The largest absolute Gasteiger partial charge is 0.451 e. The van der Waals surface area contributed by atoms with E-state index in [1.807, 2.05) is 44.2 Å². The first kappa shape index (κ1) is 17.9. The Hall–Kier alpha value is -2.92. The van der Waals surface area contributed by atoms with Crippen LogP contribution in [0, 0.1) is 13.8 Å². The van der Waals surface area contributed by atoms with E-state index in [4.69, 9.17) is 13.9 Å². The summed E-state index contributed by atoms with van der Waals surface area (Å²) >= 11 is 0. The quantitative estimate of drug-likeness (QED) is 0.490. The second-order valence-electron chi connectivity index (χ2n) is 6.16. The van der Waals surface area contributed by atoms with Gasteiger partial charge in [0, 0.05) is 23.6 Å². The molecule has 26 heavy (non-hydrogen) atoms. The molecule has 0 saturated heterocycles. The average molecular weight is 352 g/mol. The summed E-state index contributed by atoms with van der Waals surface area (Å²) in [4.78, 5) is 24.9. The molecular weight excluding hydrogens is 332 g/mol. The second-order valence-corrected chi connectivity index (χ2v) is 6.16. The summed E-state index contributed by atoms with van der Waals surface area (Å²) in [6, 6.07) is 12.9. The van der Waals surface area contributed by atoms with Crippen molar-refractivity contribution in [3.05, 3.63) is 70.5 Å². The minimum Gasteiger partial charge on any atom is -0.451 e. The first-order valence-corrected chi connectivity index (χ1v) is 8.28. The van der Waals surface area contributed by atoms with Gasteiger partial charge in [-0.15, -0.1) is 0 Å². The highest BCUT2D eigenvalue weighted by atomic mass is 16.5. The number of ketones is 1. The molecule has 0 fully saturated rings. The molecule has 3 rings (SSSR count). The normalized spacial score (nSPS) is 10.9. The zero-order valence-electron chi connectivity index (χ0n) is 15.0. The van der Waals surface area contributed by atoms with Crippen molar-refractivity contribution >= 4 is 22.7 Å². The van der Waals surface area contributed by atoms with Crippen molar-refractivity contribution in [2.75, 3.05) is 13.7 Å². The van der Waals surface area contributed by atoms with E-state index < -0.39 is 5.97 Å². The highest BCUT2D eigenvalue weighted by Gasteiger charge is 2.23. The molecule has 0 saturated carbocycles. The van der Waals surface area contributed by atoms with Crippen LogP contribution in [0.3, 0.4) is 0 Å². The number of carbonyl (C=O) groups is 2. The van der Waals surface area contributed by atoms with E-state index in [1.54, 1.807) is 19.2 Å². The molecular formula is C21H20O5. The lowest BCUT2D eigenvalue weighted by atomic mass is 10.0. The van der Waals surface area contributed by atoms with Gasteiger partial charge in [0.05, 0.1) is 6.61 Å². The summed E-state index contributed by atoms with van der Waals surface area (Å²) in [7, 11) is 1.54. The molecule has 0 N–H and O–H groups in total. The minimum absolute atomic E-state index is 0.0711. The Balaban J connectivity index is 1.80. The van der Waals surface area contributed by atoms with Gasteiger partial charge in [-0.1, -0.05) is 35.9 Å². The van der Waals surface area contributed by atoms with E-state index in [0.717, 1.165) is 16.5 Å². The molecule has 0 unspecified atom stereocenters. The van der Waals surface area contributed by atoms with Gasteiger partial charge in [-0.25, -0.2) is 4.79 Å². The molecule has 0 spiro atoms. The zero-order chi connectivity index (χ0) is 18.7. The fourth-order valence-electron chi connectivity index (χ4n) is 2.86. The van der Waals surface area contributed by atoms with Crippen LogP contribution < -0.4 is 0 Å². The van der Waals surface area contributed by atoms with Gasteiger partial charge in [0.2, 0.25) is 11.5 Å². The van der Waals surface area contributed by atoms with Crippen LogP contribution in [-0.2, 0) is 16.1 Å². The standard InChI is InChI=1S/C21H20O5/c1-13-8-9-14(2)16(10-13)18(22)12-25-21(23)20-17(11-24-3)15-6-4-5-7-19(15)26-20/h4-10H,11-12H2,1-3H3. The van der Waals surface area contributed by atoms with E-state index in [1.165, 1.54) is 0 Å². The van der Waals surface area contributed by atoms with Gasteiger partial charge < -0.3 is 13.9 Å².